The van der Waals surface area contributed by atoms with Crippen LogP contribution in [0.1, 0.15) is 32.3 Å². The fourth-order valence-electron chi connectivity index (χ4n) is 1.91. The minimum absolute atomic E-state index is 0.0851. The van der Waals surface area contributed by atoms with Gasteiger partial charge in [-0.3, -0.25) is 4.79 Å². The lowest BCUT2D eigenvalue weighted by Crippen LogP contribution is -2.38. The molecule has 0 aliphatic rings. The monoisotopic (exact) mass is 317 g/mol. The second-order valence-corrected chi connectivity index (χ2v) is 7.01. The third-order valence-corrected chi connectivity index (χ3v) is 5.17. The van der Waals surface area contributed by atoms with Gasteiger partial charge in [-0.05, 0) is 44.9 Å². The molecule has 1 N–H and O–H groups in total. The molecule has 7 heteroatoms. The van der Waals surface area contributed by atoms with Gasteiger partial charge in [-0.25, -0.2) is 12.8 Å². The summed E-state index contributed by atoms with van der Waals surface area (Å²) < 4.78 is 39.8. The first-order chi connectivity index (χ1) is 9.66. The Morgan fingerprint density at radius 3 is 2.48 bits per heavy atom. The number of hydrogen-bond acceptors (Lipinski definition) is 3. The van der Waals surface area contributed by atoms with E-state index < -0.39 is 21.8 Å². The van der Waals surface area contributed by atoms with Gasteiger partial charge in [-0.2, -0.15) is 4.31 Å². The summed E-state index contributed by atoms with van der Waals surface area (Å²) in [6.45, 7) is 5.03. The molecule has 0 amide bonds. The summed E-state index contributed by atoms with van der Waals surface area (Å²) in [6, 6.07) is 3.43. The van der Waals surface area contributed by atoms with Gasteiger partial charge in [0.1, 0.15) is 5.82 Å². The molecule has 0 aliphatic heterocycles. The van der Waals surface area contributed by atoms with E-state index in [0.717, 1.165) is 6.07 Å². The molecule has 0 fully saturated rings. The molecule has 1 rings (SSSR count). The van der Waals surface area contributed by atoms with Crippen LogP contribution in [0.15, 0.2) is 23.1 Å². The Balaban J connectivity index is 3.04. The molecule has 1 aromatic carbocycles. The van der Waals surface area contributed by atoms with E-state index in [-0.39, 0.29) is 30.3 Å². The Morgan fingerprint density at radius 2 is 2.00 bits per heavy atom. The number of hydrogen-bond donors (Lipinski definition) is 1. The van der Waals surface area contributed by atoms with Crippen molar-refractivity contribution < 1.29 is 22.7 Å². The fourth-order valence-corrected chi connectivity index (χ4v) is 3.60. The minimum Gasteiger partial charge on any atom is -0.481 e. The average Bonchev–Trinajstić information content (AvgIpc) is 2.36. The van der Waals surface area contributed by atoms with Crippen molar-refractivity contribution in [3.8, 4) is 0 Å². The molecule has 0 saturated heterocycles. The number of carboxylic acid groups (broad SMARTS) is 1. The lowest BCUT2D eigenvalue weighted by atomic mass is 10.2. The van der Waals surface area contributed by atoms with Crippen molar-refractivity contribution in [1.82, 2.24) is 4.31 Å². The van der Waals surface area contributed by atoms with Gasteiger partial charge >= 0.3 is 5.97 Å². The molecule has 21 heavy (non-hydrogen) atoms. The number of halogens is 1. The van der Waals surface area contributed by atoms with E-state index in [9.17, 15) is 17.6 Å². The van der Waals surface area contributed by atoms with Crippen molar-refractivity contribution in [2.45, 2.75) is 44.6 Å². The SMILES string of the molecule is Cc1ccc(S(=O)(=O)N(CCCC(=O)O)C(C)C)cc1F. The summed E-state index contributed by atoms with van der Waals surface area (Å²) in [6.07, 6.45) is 0.0993. The van der Waals surface area contributed by atoms with E-state index in [1.807, 2.05) is 0 Å². The predicted molar refractivity (Wildman–Crippen MR) is 77.0 cm³/mol. The average molecular weight is 317 g/mol. The third-order valence-electron chi connectivity index (χ3n) is 3.09. The van der Waals surface area contributed by atoms with Crippen LogP contribution in [0, 0.1) is 12.7 Å². The quantitative estimate of drug-likeness (QED) is 0.838. The van der Waals surface area contributed by atoms with Crippen molar-refractivity contribution in [2.24, 2.45) is 0 Å². The largest absolute Gasteiger partial charge is 0.481 e. The number of carbonyl (C=O) groups is 1. The van der Waals surface area contributed by atoms with E-state index in [2.05, 4.69) is 0 Å². The van der Waals surface area contributed by atoms with Crippen LogP contribution in [0.5, 0.6) is 0 Å². The maximum Gasteiger partial charge on any atom is 0.303 e. The summed E-state index contributed by atoms with van der Waals surface area (Å²) >= 11 is 0. The van der Waals surface area contributed by atoms with Gasteiger partial charge in [0.2, 0.25) is 10.0 Å². The highest BCUT2D eigenvalue weighted by molar-refractivity contribution is 7.89. The van der Waals surface area contributed by atoms with Gasteiger partial charge in [-0.1, -0.05) is 6.07 Å². The van der Waals surface area contributed by atoms with E-state index in [0.29, 0.717) is 5.56 Å². The highest BCUT2D eigenvalue weighted by Crippen LogP contribution is 2.21. The molecular formula is C14H20FNO4S. The van der Waals surface area contributed by atoms with Crippen LogP contribution in [0.3, 0.4) is 0 Å². The second-order valence-electron chi connectivity index (χ2n) is 5.12. The molecule has 5 nitrogen and oxygen atoms in total. The highest BCUT2D eigenvalue weighted by Gasteiger charge is 2.27. The molecule has 0 heterocycles. The molecule has 0 aliphatic carbocycles. The Hall–Kier alpha value is -1.47. The van der Waals surface area contributed by atoms with Crippen LogP contribution in [0.4, 0.5) is 4.39 Å². The van der Waals surface area contributed by atoms with Crippen LogP contribution in [0.25, 0.3) is 0 Å². The molecule has 0 radical (unpaired) electrons. The molecule has 0 spiro atoms. The van der Waals surface area contributed by atoms with Crippen molar-refractivity contribution in [3.05, 3.63) is 29.6 Å². The van der Waals surface area contributed by atoms with E-state index in [1.165, 1.54) is 16.4 Å². The predicted octanol–water partition coefficient (Wildman–Crippen LogP) is 2.40. The first-order valence-electron chi connectivity index (χ1n) is 6.66. The lowest BCUT2D eigenvalue weighted by molar-refractivity contribution is -0.137. The van der Waals surface area contributed by atoms with Gasteiger partial charge in [0, 0.05) is 19.0 Å². The van der Waals surface area contributed by atoms with E-state index in [1.54, 1.807) is 20.8 Å². The Bertz CT molecular complexity index is 613. The zero-order chi connectivity index (χ0) is 16.2. The maximum absolute atomic E-state index is 13.6. The Morgan fingerprint density at radius 1 is 1.38 bits per heavy atom. The third kappa shape index (κ3) is 4.50. The number of carboxylic acids is 1. The number of aliphatic carboxylic acids is 1. The topological polar surface area (TPSA) is 74.7 Å². The summed E-state index contributed by atoms with van der Waals surface area (Å²) in [5.74, 6) is -1.55. The zero-order valence-corrected chi connectivity index (χ0v) is 13.2. The number of aryl methyl sites for hydroxylation is 1. The molecule has 0 bridgehead atoms. The first kappa shape index (κ1) is 17.6. The van der Waals surface area contributed by atoms with Crippen molar-refractivity contribution >= 4 is 16.0 Å². The molecular weight excluding hydrogens is 297 g/mol. The van der Waals surface area contributed by atoms with Crippen LogP contribution in [-0.4, -0.2) is 36.4 Å². The molecule has 0 unspecified atom stereocenters. The summed E-state index contributed by atoms with van der Waals surface area (Å²) in [5, 5.41) is 8.63. The minimum atomic E-state index is -3.84. The standard InChI is InChI=1S/C14H20FNO4S/c1-10(2)16(8-4-5-14(17)18)21(19,20)12-7-6-11(3)13(15)9-12/h6-7,9-10H,4-5,8H2,1-3H3,(H,17,18). The van der Waals surface area contributed by atoms with Crippen LogP contribution in [0.2, 0.25) is 0 Å². The van der Waals surface area contributed by atoms with Crippen LogP contribution >= 0.6 is 0 Å². The van der Waals surface area contributed by atoms with Gasteiger partial charge < -0.3 is 5.11 Å². The van der Waals surface area contributed by atoms with Crippen molar-refractivity contribution in [1.29, 1.82) is 0 Å². The lowest BCUT2D eigenvalue weighted by Gasteiger charge is -2.25. The van der Waals surface area contributed by atoms with Gasteiger partial charge in [0.15, 0.2) is 0 Å². The van der Waals surface area contributed by atoms with Crippen LogP contribution < -0.4 is 0 Å². The van der Waals surface area contributed by atoms with E-state index in [4.69, 9.17) is 5.11 Å². The number of sulfonamides is 1. The number of rotatable bonds is 7. The molecule has 1 aromatic rings. The number of benzene rings is 1. The summed E-state index contributed by atoms with van der Waals surface area (Å²) in [7, 11) is -3.84. The second kappa shape index (κ2) is 7.00. The Labute approximate surface area is 124 Å². The number of nitrogens with zero attached hydrogens (tertiary/aromatic N) is 1. The Kier molecular flexibility index (Phi) is 5.86. The van der Waals surface area contributed by atoms with Crippen molar-refractivity contribution in [3.63, 3.8) is 0 Å². The fraction of sp³-hybridized carbons (Fsp3) is 0.500. The molecule has 118 valence electrons. The highest BCUT2D eigenvalue weighted by atomic mass is 32.2. The summed E-state index contributed by atoms with van der Waals surface area (Å²) in [4.78, 5) is 10.4. The van der Waals surface area contributed by atoms with Gasteiger partial charge in [-0.15, -0.1) is 0 Å². The smallest absolute Gasteiger partial charge is 0.303 e. The molecule has 0 atom stereocenters. The van der Waals surface area contributed by atoms with Gasteiger partial charge in [0.25, 0.3) is 0 Å². The van der Waals surface area contributed by atoms with Gasteiger partial charge in [0.05, 0.1) is 4.90 Å². The van der Waals surface area contributed by atoms with Crippen LogP contribution in [-0.2, 0) is 14.8 Å². The van der Waals surface area contributed by atoms with E-state index >= 15 is 0 Å². The molecule has 0 saturated carbocycles. The molecule has 0 aromatic heterocycles. The van der Waals surface area contributed by atoms with Crippen molar-refractivity contribution in [2.75, 3.05) is 6.54 Å². The summed E-state index contributed by atoms with van der Waals surface area (Å²) in [5.41, 5.74) is 0.371. The normalized spacial score (nSPS) is 12.1. The first-order valence-corrected chi connectivity index (χ1v) is 8.10. The zero-order valence-electron chi connectivity index (χ0n) is 12.3. The maximum atomic E-state index is 13.6.